The molecule has 2 nitrogen and oxygen atoms in total. The highest BCUT2D eigenvalue weighted by Gasteiger charge is 2.04. The first-order chi connectivity index (χ1) is 6.70. The Balaban J connectivity index is 2.16. The fourth-order valence-electron chi connectivity index (χ4n) is 1.08. The Morgan fingerprint density at radius 1 is 1.71 bits per heavy atom. The van der Waals surface area contributed by atoms with Crippen molar-refractivity contribution in [3.8, 4) is 0 Å². The van der Waals surface area contributed by atoms with Crippen LogP contribution in [-0.2, 0) is 0 Å². The zero-order valence-corrected chi connectivity index (χ0v) is 10.5. The Morgan fingerprint density at radius 2 is 2.50 bits per heavy atom. The summed E-state index contributed by atoms with van der Waals surface area (Å²) in [5.41, 5.74) is 0.766. The minimum absolute atomic E-state index is 0.0356. The van der Waals surface area contributed by atoms with Gasteiger partial charge in [0, 0.05) is 22.3 Å². The van der Waals surface area contributed by atoms with E-state index >= 15 is 0 Å². The largest absolute Gasteiger partial charge is 0.352 e. The summed E-state index contributed by atoms with van der Waals surface area (Å²) in [5, 5.41) is 6.66. The van der Waals surface area contributed by atoms with Crippen LogP contribution in [0.25, 0.3) is 0 Å². The third kappa shape index (κ3) is 4.24. The van der Waals surface area contributed by atoms with E-state index in [1.807, 2.05) is 16.8 Å². The van der Waals surface area contributed by atoms with E-state index in [1.165, 1.54) is 0 Å². The van der Waals surface area contributed by atoms with Crippen LogP contribution in [0.1, 0.15) is 30.1 Å². The highest BCUT2D eigenvalue weighted by atomic mass is 79.9. The lowest BCUT2D eigenvalue weighted by atomic mass is 10.2. The van der Waals surface area contributed by atoms with E-state index in [2.05, 4.69) is 28.2 Å². The average molecular weight is 276 g/mol. The summed E-state index contributed by atoms with van der Waals surface area (Å²) in [4.78, 5) is 12.0. The van der Waals surface area contributed by atoms with Crippen molar-refractivity contribution >= 4 is 33.2 Å². The molecule has 1 amide bonds. The van der Waals surface area contributed by atoms with Crippen molar-refractivity contribution in [3.05, 3.63) is 22.4 Å². The molecular formula is C10H14BrNOS. The molecule has 0 bridgehead atoms. The Labute approximate surface area is 96.8 Å². The average Bonchev–Trinajstić information content (AvgIpc) is 2.64. The molecule has 78 valence electrons. The van der Waals surface area contributed by atoms with Gasteiger partial charge in [0.25, 0.3) is 5.91 Å². The molecule has 0 radical (unpaired) electrons. The van der Waals surface area contributed by atoms with Crippen LogP contribution >= 0.6 is 27.3 Å². The highest BCUT2D eigenvalue weighted by Crippen LogP contribution is 2.07. The molecule has 0 aliphatic carbocycles. The third-order valence-electron chi connectivity index (χ3n) is 1.85. The van der Waals surface area contributed by atoms with Crippen LogP contribution in [0.15, 0.2) is 16.8 Å². The molecule has 14 heavy (non-hydrogen) atoms. The number of thiophene rings is 1. The lowest BCUT2D eigenvalue weighted by molar-refractivity contribution is 0.0953. The highest BCUT2D eigenvalue weighted by molar-refractivity contribution is 9.09. The summed E-state index contributed by atoms with van der Waals surface area (Å²) in [7, 11) is 0. The van der Waals surface area contributed by atoms with Crippen molar-refractivity contribution in [2.45, 2.75) is 24.6 Å². The van der Waals surface area contributed by atoms with Crippen LogP contribution in [0, 0.1) is 0 Å². The lowest BCUT2D eigenvalue weighted by Gasteiger charge is -2.04. The molecule has 1 aromatic heterocycles. The van der Waals surface area contributed by atoms with E-state index in [0.717, 1.165) is 24.9 Å². The van der Waals surface area contributed by atoms with Gasteiger partial charge in [-0.25, -0.2) is 0 Å². The Hall–Kier alpha value is -0.350. The zero-order valence-electron chi connectivity index (χ0n) is 8.13. The number of hydrogen-bond donors (Lipinski definition) is 1. The summed E-state index contributed by atoms with van der Waals surface area (Å²) < 4.78 is 0. The van der Waals surface area contributed by atoms with Gasteiger partial charge >= 0.3 is 0 Å². The van der Waals surface area contributed by atoms with Crippen LogP contribution in [0.2, 0.25) is 0 Å². The van der Waals surface area contributed by atoms with Crippen LogP contribution in [-0.4, -0.2) is 17.3 Å². The molecule has 1 aromatic rings. The summed E-state index contributed by atoms with van der Waals surface area (Å²) in [6.45, 7) is 2.87. The van der Waals surface area contributed by atoms with Gasteiger partial charge in [-0.3, -0.25) is 4.79 Å². The smallest absolute Gasteiger partial charge is 0.252 e. The van der Waals surface area contributed by atoms with E-state index in [-0.39, 0.29) is 5.91 Å². The minimum atomic E-state index is 0.0356. The predicted octanol–water partition coefficient (Wildman–Crippen LogP) is 3.04. The molecule has 0 aliphatic rings. The molecule has 1 N–H and O–H groups in total. The van der Waals surface area contributed by atoms with Gasteiger partial charge in [0.05, 0.1) is 0 Å². The summed E-state index contributed by atoms with van der Waals surface area (Å²) >= 11 is 5.01. The topological polar surface area (TPSA) is 29.1 Å². The maximum absolute atomic E-state index is 11.4. The van der Waals surface area contributed by atoms with Crippen molar-refractivity contribution < 1.29 is 4.79 Å². The molecule has 1 rings (SSSR count). The molecule has 1 unspecified atom stereocenters. The molecule has 0 saturated carbocycles. The van der Waals surface area contributed by atoms with Crippen LogP contribution < -0.4 is 5.32 Å². The van der Waals surface area contributed by atoms with Crippen LogP contribution in [0.4, 0.5) is 0 Å². The molecule has 0 spiro atoms. The number of carbonyl (C=O) groups excluding carboxylic acids is 1. The lowest BCUT2D eigenvalue weighted by Crippen LogP contribution is -2.24. The quantitative estimate of drug-likeness (QED) is 0.650. The zero-order chi connectivity index (χ0) is 10.4. The van der Waals surface area contributed by atoms with Crippen LogP contribution in [0.5, 0.6) is 0 Å². The summed E-state index contributed by atoms with van der Waals surface area (Å²) in [6, 6.07) is 1.84. The van der Waals surface area contributed by atoms with E-state index in [1.54, 1.807) is 11.3 Å². The van der Waals surface area contributed by atoms with Crippen molar-refractivity contribution in [2.75, 3.05) is 6.54 Å². The monoisotopic (exact) mass is 275 g/mol. The van der Waals surface area contributed by atoms with Gasteiger partial charge in [-0.2, -0.15) is 11.3 Å². The van der Waals surface area contributed by atoms with Gasteiger partial charge in [-0.15, -0.1) is 0 Å². The molecule has 0 saturated heterocycles. The van der Waals surface area contributed by atoms with Crippen molar-refractivity contribution in [1.29, 1.82) is 0 Å². The van der Waals surface area contributed by atoms with E-state index in [0.29, 0.717) is 4.83 Å². The fraction of sp³-hybridized carbons (Fsp3) is 0.500. The maximum Gasteiger partial charge on any atom is 0.252 e. The van der Waals surface area contributed by atoms with Gasteiger partial charge in [0.15, 0.2) is 0 Å². The number of hydrogen-bond acceptors (Lipinski definition) is 2. The van der Waals surface area contributed by atoms with Gasteiger partial charge in [0.1, 0.15) is 0 Å². The standard InChI is InChI=1S/C10H14BrNOS/c1-8(11)3-2-5-12-10(13)9-4-6-14-7-9/h4,6-8H,2-3,5H2,1H3,(H,12,13). The van der Waals surface area contributed by atoms with E-state index in [9.17, 15) is 4.79 Å². The second kappa shape index (κ2) is 6.19. The van der Waals surface area contributed by atoms with Gasteiger partial charge in [0.2, 0.25) is 0 Å². The number of rotatable bonds is 5. The first-order valence-electron chi connectivity index (χ1n) is 4.64. The van der Waals surface area contributed by atoms with Gasteiger partial charge in [-0.05, 0) is 24.3 Å². The van der Waals surface area contributed by atoms with E-state index in [4.69, 9.17) is 0 Å². The Morgan fingerprint density at radius 3 is 3.07 bits per heavy atom. The van der Waals surface area contributed by atoms with Crippen molar-refractivity contribution in [1.82, 2.24) is 5.32 Å². The predicted molar refractivity (Wildman–Crippen MR) is 64.3 cm³/mol. The van der Waals surface area contributed by atoms with Crippen molar-refractivity contribution in [2.24, 2.45) is 0 Å². The van der Waals surface area contributed by atoms with Crippen molar-refractivity contribution in [3.63, 3.8) is 0 Å². The molecular weight excluding hydrogens is 262 g/mol. The molecule has 1 heterocycles. The SMILES string of the molecule is CC(Br)CCCNC(=O)c1ccsc1. The van der Waals surface area contributed by atoms with E-state index < -0.39 is 0 Å². The number of nitrogens with one attached hydrogen (secondary N) is 1. The first kappa shape index (κ1) is 11.7. The van der Waals surface area contributed by atoms with Gasteiger partial charge in [-0.1, -0.05) is 22.9 Å². The number of amides is 1. The Kier molecular flexibility index (Phi) is 5.19. The second-order valence-corrected chi connectivity index (χ2v) is 5.53. The second-order valence-electron chi connectivity index (χ2n) is 3.19. The molecule has 1 atom stereocenters. The third-order valence-corrected chi connectivity index (χ3v) is 2.99. The fourth-order valence-corrected chi connectivity index (χ4v) is 2.04. The first-order valence-corrected chi connectivity index (χ1v) is 6.50. The minimum Gasteiger partial charge on any atom is -0.352 e. The molecule has 0 aromatic carbocycles. The Bertz CT molecular complexity index is 272. The maximum atomic E-state index is 11.4. The molecule has 0 aliphatic heterocycles. The summed E-state index contributed by atoms with van der Waals surface area (Å²) in [5.74, 6) is 0.0356. The molecule has 0 fully saturated rings. The number of alkyl halides is 1. The van der Waals surface area contributed by atoms with Crippen LogP contribution in [0.3, 0.4) is 0 Å². The normalized spacial score (nSPS) is 12.4. The number of halogens is 1. The van der Waals surface area contributed by atoms with Gasteiger partial charge < -0.3 is 5.32 Å². The molecule has 4 heteroatoms. The summed E-state index contributed by atoms with van der Waals surface area (Å²) in [6.07, 6.45) is 2.10. The number of carbonyl (C=O) groups is 1.